The number of nitrogens with zero attached hydrogens (tertiary/aromatic N) is 2. The summed E-state index contributed by atoms with van der Waals surface area (Å²) in [6.07, 6.45) is -0.104. The molecule has 1 aliphatic rings. The summed E-state index contributed by atoms with van der Waals surface area (Å²) >= 11 is 5.94. The van der Waals surface area contributed by atoms with Crippen LogP contribution in [0.25, 0.3) is 11.3 Å². The first kappa shape index (κ1) is 17.8. The van der Waals surface area contributed by atoms with Crippen LogP contribution in [-0.2, 0) is 6.54 Å². The van der Waals surface area contributed by atoms with Gasteiger partial charge in [0.15, 0.2) is 0 Å². The van der Waals surface area contributed by atoms with Crippen molar-refractivity contribution in [2.24, 2.45) is 0 Å². The molecule has 5 nitrogen and oxygen atoms in total. The molecule has 2 aromatic carbocycles. The van der Waals surface area contributed by atoms with Gasteiger partial charge < -0.3 is 5.32 Å². The molecule has 6 heteroatoms. The highest BCUT2D eigenvalue weighted by Crippen LogP contribution is 2.26. The molecular weight excluding hydrogens is 360 g/mol. The van der Waals surface area contributed by atoms with Crippen molar-refractivity contribution in [3.8, 4) is 11.3 Å². The van der Waals surface area contributed by atoms with Crippen LogP contribution in [0.15, 0.2) is 48.5 Å². The summed E-state index contributed by atoms with van der Waals surface area (Å²) in [5.41, 5.74) is 5.92. The maximum atomic E-state index is 12.3. The van der Waals surface area contributed by atoms with Gasteiger partial charge in [-0.1, -0.05) is 47.5 Å². The standard InChI is InChI=1S/C21H21ClN4O/c1-13-3-8-17(14(2)9-13)18-10-19-21(27)24-12-20(26(19)25-18)23-11-15-4-6-16(22)7-5-15/h3-10,20,23H,11-12H2,1-2H3,(H,24,27). The molecule has 1 amide bonds. The number of carbonyl (C=O) groups is 1. The molecule has 2 N–H and O–H groups in total. The summed E-state index contributed by atoms with van der Waals surface area (Å²) in [4.78, 5) is 12.3. The summed E-state index contributed by atoms with van der Waals surface area (Å²) in [5, 5.41) is 11.9. The van der Waals surface area contributed by atoms with Crippen molar-refractivity contribution in [1.29, 1.82) is 0 Å². The molecule has 0 aliphatic carbocycles. The number of amides is 1. The summed E-state index contributed by atoms with van der Waals surface area (Å²) in [5.74, 6) is -0.0944. The first-order chi connectivity index (χ1) is 13.0. The smallest absolute Gasteiger partial charge is 0.269 e. The number of aryl methyl sites for hydroxylation is 2. The van der Waals surface area contributed by atoms with Crippen molar-refractivity contribution in [3.05, 3.63) is 75.9 Å². The third-order valence-corrected chi connectivity index (χ3v) is 5.08. The van der Waals surface area contributed by atoms with Gasteiger partial charge in [0.25, 0.3) is 5.91 Å². The number of fused-ring (bicyclic) bond motifs is 1. The Labute approximate surface area is 163 Å². The van der Waals surface area contributed by atoms with E-state index in [0.717, 1.165) is 27.4 Å². The molecule has 0 radical (unpaired) electrons. The van der Waals surface area contributed by atoms with Crippen molar-refractivity contribution in [1.82, 2.24) is 20.4 Å². The Balaban J connectivity index is 1.61. The molecule has 27 heavy (non-hydrogen) atoms. The van der Waals surface area contributed by atoms with E-state index in [1.165, 1.54) is 5.56 Å². The van der Waals surface area contributed by atoms with Crippen LogP contribution in [0, 0.1) is 13.8 Å². The number of rotatable bonds is 4. The SMILES string of the molecule is Cc1ccc(-c2cc3n(n2)C(NCc2ccc(Cl)cc2)CNC3=O)c(C)c1. The summed E-state index contributed by atoms with van der Waals surface area (Å²) < 4.78 is 1.80. The Morgan fingerprint density at radius 2 is 1.96 bits per heavy atom. The van der Waals surface area contributed by atoms with Crippen LogP contribution in [0.2, 0.25) is 5.02 Å². The van der Waals surface area contributed by atoms with E-state index in [0.29, 0.717) is 18.8 Å². The van der Waals surface area contributed by atoms with E-state index in [2.05, 4.69) is 42.7 Å². The molecular formula is C21H21ClN4O. The lowest BCUT2D eigenvalue weighted by molar-refractivity contribution is 0.0900. The number of carbonyl (C=O) groups excluding carboxylic acids is 1. The first-order valence-corrected chi connectivity index (χ1v) is 9.32. The van der Waals surface area contributed by atoms with Crippen LogP contribution in [0.5, 0.6) is 0 Å². The number of benzene rings is 2. The van der Waals surface area contributed by atoms with Crippen LogP contribution >= 0.6 is 11.6 Å². The van der Waals surface area contributed by atoms with E-state index < -0.39 is 0 Å². The first-order valence-electron chi connectivity index (χ1n) is 8.94. The minimum Gasteiger partial charge on any atom is -0.347 e. The highest BCUT2D eigenvalue weighted by atomic mass is 35.5. The third-order valence-electron chi connectivity index (χ3n) is 4.83. The Morgan fingerprint density at radius 3 is 2.70 bits per heavy atom. The number of halogens is 1. The van der Waals surface area contributed by atoms with Gasteiger partial charge in [0.05, 0.1) is 12.2 Å². The van der Waals surface area contributed by atoms with Gasteiger partial charge in [-0.15, -0.1) is 0 Å². The molecule has 0 saturated carbocycles. The van der Waals surface area contributed by atoms with E-state index in [4.69, 9.17) is 16.7 Å². The van der Waals surface area contributed by atoms with Crippen molar-refractivity contribution < 1.29 is 4.79 Å². The van der Waals surface area contributed by atoms with Crippen LogP contribution in [0.1, 0.15) is 33.3 Å². The number of hydrogen-bond acceptors (Lipinski definition) is 3. The largest absolute Gasteiger partial charge is 0.347 e. The van der Waals surface area contributed by atoms with Gasteiger partial charge in [0.2, 0.25) is 0 Å². The highest BCUT2D eigenvalue weighted by Gasteiger charge is 2.27. The van der Waals surface area contributed by atoms with E-state index in [9.17, 15) is 4.79 Å². The van der Waals surface area contributed by atoms with Crippen molar-refractivity contribution >= 4 is 17.5 Å². The topological polar surface area (TPSA) is 59.0 Å². The fraction of sp³-hybridized carbons (Fsp3) is 0.238. The normalized spacial score (nSPS) is 16.1. The zero-order chi connectivity index (χ0) is 19.0. The lowest BCUT2D eigenvalue weighted by Crippen LogP contribution is -2.45. The second kappa shape index (κ2) is 7.18. The van der Waals surface area contributed by atoms with Crippen LogP contribution in [-0.4, -0.2) is 22.2 Å². The Hall–Kier alpha value is -2.63. The number of aromatic nitrogens is 2. The molecule has 2 heterocycles. The number of nitrogens with one attached hydrogen (secondary N) is 2. The third kappa shape index (κ3) is 3.61. The van der Waals surface area contributed by atoms with E-state index >= 15 is 0 Å². The monoisotopic (exact) mass is 380 g/mol. The fourth-order valence-electron chi connectivity index (χ4n) is 3.40. The molecule has 1 unspecified atom stereocenters. The van der Waals surface area contributed by atoms with Gasteiger partial charge in [-0.3, -0.25) is 10.1 Å². The Kier molecular flexibility index (Phi) is 4.72. The molecule has 138 valence electrons. The summed E-state index contributed by atoms with van der Waals surface area (Å²) in [6.45, 7) is 5.29. The van der Waals surface area contributed by atoms with Crippen molar-refractivity contribution in [2.45, 2.75) is 26.6 Å². The van der Waals surface area contributed by atoms with Crippen molar-refractivity contribution in [3.63, 3.8) is 0 Å². The van der Waals surface area contributed by atoms with Gasteiger partial charge in [-0.05, 0) is 43.2 Å². The van der Waals surface area contributed by atoms with Crippen LogP contribution in [0.4, 0.5) is 0 Å². The van der Waals surface area contributed by atoms with Gasteiger partial charge in [0, 0.05) is 17.1 Å². The van der Waals surface area contributed by atoms with Gasteiger partial charge in [-0.25, -0.2) is 4.68 Å². The quantitative estimate of drug-likeness (QED) is 0.722. The molecule has 0 saturated heterocycles. The molecule has 1 atom stereocenters. The summed E-state index contributed by atoms with van der Waals surface area (Å²) in [6, 6.07) is 15.8. The average Bonchev–Trinajstić information content (AvgIpc) is 3.08. The summed E-state index contributed by atoms with van der Waals surface area (Å²) in [7, 11) is 0. The highest BCUT2D eigenvalue weighted by molar-refractivity contribution is 6.30. The second-order valence-electron chi connectivity index (χ2n) is 6.91. The molecule has 0 fully saturated rings. The van der Waals surface area contributed by atoms with E-state index in [1.54, 1.807) is 4.68 Å². The zero-order valence-corrected chi connectivity index (χ0v) is 16.0. The molecule has 4 rings (SSSR count). The molecule has 1 aromatic heterocycles. The van der Waals surface area contributed by atoms with Crippen molar-refractivity contribution in [2.75, 3.05) is 6.54 Å². The maximum Gasteiger partial charge on any atom is 0.269 e. The lowest BCUT2D eigenvalue weighted by atomic mass is 10.0. The molecule has 0 bridgehead atoms. The Bertz CT molecular complexity index is 994. The van der Waals surface area contributed by atoms with Gasteiger partial charge in [-0.2, -0.15) is 5.10 Å². The average molecular weight is 381 g/mol. The maximum absolute atomic E-state index is 12.3. The minimum atomic E-state index is -0.104. The van der Waals surface area contributed by atoms with Gasteiger partial charge in [0.1, 0.15) is 11.9 Å². The lowest BCUT2D eigenvalue weighted by Gasteiger charge is -2.25. The second-order valence-corrected chi connectivity index (χ2v) is 7.35. The van der Waals surface area contributed by atoms with Gasteiger partial charge >= 0.3 is 0 Å². The van der Waals surface area contributed by atoms with Crippen LogP contribution in [0.3, 0.4) is 0 Å². The molecule has 3 aromatic rings. The number of hydrogen-bond donors (Lipinski definition) is 2. The molecule has 0 spiro atoms. The van der Waals surface area contributed by atoms with E-state index in [1.807, 2.05) is 30.3 Å². The zero-order valence-electron chi connectivity index (χ0n) is 15.3. The van der Waals surface area contributed by atoms with Crippen LogP contribution < -0.4 is 10.6 Å². The van der Waals surface area contributed by atoms with E-state index in [-0.39, 0.29) is 12.1 Å². The minimum absolute atomic E-state index is 0.0944. The Morgan fingerprint density at radius 1 is 1.19 bits per heavy atom. The molecule has 1 aliphatic heterocycles. The predicted molar refractivity (Wildman–Crippen MR) is 107 cm³/mol. The predicted octanol–water partition coefficient (Wildman–Crippen LogP) is 3.85. The fourth-order valence-corrected chi connectivity index (χ4v) is 3.52.